The lowest BCUT2D eigenvalue weighted by atomic mass is 10.00. The number of amides is 2. The number of piperazine rings is 1. The molecule has 102 valence electrons. The van der Waals surface area contributed by atoms with E-state index in [1.807, 2.05) is 7.05 Å². The first-order valence-electron chi connectivity index (χ1n) is 6.43. The van der Waals surface area contributed by atoms with E-state index in [0.717, 1.165) is 19.5 Å². The largest absolute Gasteiger partial charge is 0.480 e. The number of carboxylic acid groups (broad SMARTS) is 1. The lowest BCUT2D eigenvalue weighted by Crippen LogP contribution is -2.58. The van der Waals surface area contributed by atoms with Crippen molar-refractivity contribution in [3.05, 3.63) is 0 Å². The zero-order chi connectivity index (χ0) is 13.3. The first-order valence-corrected chi connectivity index (χ1v) is 6.43. The third-order valence-electron chi connectivity index (χ3n) is 4.11. The van der Waals surface area contributed by atoms with Gasteiger partial charge in [0.15, 0.2) is 0 Å². The predicted molar refractivity (Wildman–Crippen MR) is 66.4 cm³/mol. The van der Waals surface area contributed by atoms with E-state index < -0.39 is 11.5 Å². The van der Waals surface area contributed by atoms with E-state index in [0.29, 0.717) is 26.1 Å². The van der Waals surface area contributed by atoms with Gasteiger partial charge >= 0.3 is 12.0 Å². The lowest BCUT2D eigenvalue weighted by molar-refractivity contribution is -0.147. The van der Waals surface area contributed by atoms with Gasteiger partial charge in [-0.05, 0) is 26.8 Å². The van der Waals surface area contributed by atoms with Gasteiger partial charge in [0.05, 0.1) is 0 Å². The summed E-state index contributed by atoms with van der Waals surface area (Å²) in [4.78, 5) is 29.2. The fourth-order valence-corrected chi connectivity index (χ4v) is 2.66. The molecule has 18 heavy (non-hydrogen) atoms. The summed E-state index contributed by atoms with van der Waals surface area (Å²) in [6.07, 6.45) is 1.31. The number of nitrogens with zero attached hydrogens (tertiary/aromatic N) is 3. The smallest absolute Gasteiger partial charge is 0.329 e. The van der Waals surface area contributed by atoms with Crippen molar-refractivity contribution in [1.29, 1.82) is 0 Å². The summed E-state index contributed by atoms with van der Waals surface area (Å²) in [5, 5.41) is 9.31. The summed E-state index contributed by atoms with van der Waals surface area (Å²) in [7, 11) is 2.03. The number of likely N-dealkylation sites (N-methyl/N-ethyl adjacent to an activating group) is 1. The molecule has 0 aromatic carbocycles. The maximum Gasteiger partial charge on any atom is 0.329 e. The number of carbonyl (C=O) groups is 2. The number of carboxylic acids is 1. The van der Waals surface area contributed by atoms with Gasteiger partial charge in [-0.3, -0.25) is 0 Å². The van der Waals surface area contributed by atoms with E-state index in [1.54, 1.807) is 11.8 Å². The maximum atomic E-state index is 12.4. The molecule has 6 heteroatoms. The highest BCUT2D eigenvalue weighted by Gasteiger charge is 2.47. The van der Waals surface area contributed by atoms with Crippen molar-refractivity contribution in [2.24, 2.45) is 0 Å². The van der Waals surface area contributed by atoms with E-state index in [1.165, 1.54) is 4.90 Å². The molecule has 0 aliphatic carbocycles. The van der Waals surface area contributed by atoms with Crippen LogP contribution in [0.2, 0.25) is 0 Å². The summed E-state index contributed by atoms with van der Waals surface area (Å²) in [5.41, 5.74) is -1.03. The van der Waals surface area contributed by atoms with Gasteiger partial charge in [0.2, 0.25) is 0 Å². The second-order valence-corrected chi connectivity index (χ2v) is 5.41. The Labute approximate surface area is 107 Å². The maximum absolute atomic E-state index is 12.4. The SMILES string of the molecule is CN1CCN(C(=O)N2CCCC2(C)C(=O)O)CC1. The third kappa shape index (κ3) is 2.16. The number of hydrogen-bond donors (Lipinski definition) is 1. The number of carbonyl (C=O) groups excluding carboxylic acids is 1. The molecule has 2 heterocycles. The van der Waals surface area contributed by atoms with Gasteiger partial charge in [0, 0.05) is 32.7 Å². The lowest BCUT2D eigenvalue weighted by Gasteiger charge is -2.39. The van der Waals surface area contributed by atoms with Crippen molar-refractivity contribution in [2.75, 3.05) is 39.8 Å². The normalized spacial score (nSPS) is 29.7. The number of urea groups is 1. The van der Waals surface area contributed by atoms with Gasteiger partial charge < -0.3 is 19.8 Å². The number of rotatable bonds is 1. The molecule has 1 atom stereocenters. The molecule has 0 radical (unpaired) electrons. The highest BCUT2D eigenvalue weighted by atomic mass is 16.4. The van der Waals surface area contributed by atoms with Crippen LogP contribution in [0.1, 0.15) is 19.8 Å². The Kier molecular flexibility index (Phi) is 3.47. The van der Waals surface area contributed by atoms with Crippen molar-refractivity contribution in [1.82, 2.24) is 14.7 Å². The first kappa shape index (κ1) is 13.1. The van der Waals surface area contributed by atoms with Crippen LogP contribution < -0.4 is 0 Å². The minimum atomic E-state index is -1.03. The second-order valence-electron chi connectivity index (χ2n) is 5.41. The van der Waals surface area contributed by atoms with Crippen molar-refractivity contribution >= 4 is 12.0 Å². The molecular formula is C12H21N3O3. The average Bonchev–Trinajstić information content (AvgIpc) is 2.73. The Morgan fingerprint density at radius 1 is 1.11 bits per heavy atom. The van der Waals surface area contributed by atoms with Gasteiger partial charge in [-0.1, -0.05) is 0 Å². The number of likely N-dealkylation sites (tertiary alicyclic amines) is 1. The highest BCUT2D eigenvalue weighted by Crippen LogP contribution is 2.30. The van der Waals surface area contributed by atoms with Gasteiger partial charge in [0.25, 0.3) is 0 Å². The third-order valence-corrected chi connectivity index (χ3v) is 4.11. The molecule has 2 aliphatic heterocycles. The summed E-state index contributed by atoms with van der Waals surface area (Å²) in [6, 6.07) is -0.120. The monoisotopic (exact) mass is 255 g/mol. The van der Waals surface area contributed by atoms with Crippen LogP contribution >= 0.6 is 0 Å². The summed E-state index contributed by atoms with van der Waals surface area (Å²) >= 11 is 0. The Hall–Kier alpha value is -1.30. The topological polar surface area (TPSA) is 64.1 Å². The number of hydrogen-bond acceptors (Lipinski definition) is 3. The summed E-state index contributed by atoms with van der Waals surface area (Å²) in [6.45, 7) is 5.26. The van der Waals surface area contributed by atoms with Gasteiger partial charge in [-0.2, -0.15) is 0 Å². The van der Waals surface area contributed by atoms with Crippen LogP contribution in [0.4, 0.5) is 4.79 Å². The Balaban J connectivity index is 2.06. The molecule has 1 N–H and O–H groups in total. The van der Waals surface area contributed by atoms with E-state index in [9.17, 15) is 14.7 Å². The van der Waals surface area contributed by atoms with Crippen LogP contribution in [0.5, 0.6) is 0 Å². The second kappa shape index (κ2) is 4.76. The van der Waals surface area contributed by atoms with Crippen LogP contribution in [0.3, 0.4) is 0 Å². The van der Waals surface area contributed by atoms with Crippen molar-refractivity contribution in [2.45, 2.75) is 25.3 Å². The molecular weight excluding hydrogens is 234 g/mol. The molecule has 2 fully saturated rings. The molecule has 2 saturated heterocycles. The molecule has 0 aromatic heterocycles. The van der Waals surface area contributed by atoms with Crippen molar-refractivity contribution < 1.29 is 14.7 Å². The van der Waals surface area contributed by atoms with E-state index in [4.69, 9.17) is 0 Å². The van der Waals surface area contributed by atoms with Crippen LogP contribution in [-0.2, 0) is 4.79 Å². The molecule has 0 saturated carbocycles. The van der Waals surface area contributed by atoms with Crippen LogP contribution in [0, 0.1) is 0 Å². The van der Waals surface area contributed by atoms with Crippen molar-refractivity contribution in [3.8, 4) is 0 Å². The van der Waals surface area contributed by atoms with Crippen LogP contribution in [0.25, 0.3) is 0 Å². The molecule has 2 rings (SSSR count). The molecule has 0 spiro atoms. The van der Waals surface area contributed by atoms with Crippen LogP contribution in [0.15, 0.2) is 0 Å². The van der Waals surface area contributed by atoms with Gasteiger partial charge in [0.1, 0.15) is 5.54 Å². The Morgan fingerprint density at radius 3 is 2.28 bits per heavy atom. The Bertz CT molecular complexity index is 352. The first-order chi connectivity index (χ1) is 8.45. The van der Waals surface area contributed by atoms with E-state index >= 15 is 0 Å². The molecule has 0 aromatic rings. The van der Waals surface area contributed by atoms with E-state index in [-0.39, 0.29) is 6.03 Å². The molecule has 1 unspecified atom stereocenters. The average molecular weight is 255 g/mol. The fraction of sp³-hybridized carbons (Fsp3) is 0.833. The zero-order valence-electron chi connectivity index (χ0n) is 11.1. The molecule has 2 aliphatic rings. The quantitative estimate of drug-likeness (QED) is 0.731. The predicted octanol–water partition coefficient (Wildman–Crippen LogP) is 0.293. The minimum absolute atomic E-state index is 0.120. The number of aliphatic carboxylic acids is 1. The van der Waals surface area contributed by atoms with E-state index in [2.05, 4.69) is 4.90 Å². The highest BCUT2D eigenvalue weighted by molar-refractivity contribution is 5.86. The molecule has 0 bridgehead atoms. The minimum Gasteiger partial charge on any atom is -0.480 e. The van der Waals surface area contributed by atoms with Gasteiger partial charge in [-0.25, -0.2) is 9.59 Å². The van der Waals surface area contributed by atoms with Gasteiger partial charge in [-0.15, -0.1) is 0 Å². The summed E-state index contributed by atoms with van der Waals surface area (Å²) < 4.78 is 0. The summed E-state index contributed by atoms with van der Waals surface area (Å²) in [5.74, 6) is -0.900. The Morgan fingerprint density at radius 2 is 1.72 bits per heavy atom. The van der Waals surface area contributed by atoms with Crippen LogP contribution in [-0.4, -0.2) is 77.1 Å². The van der Waals surface area contributed by atoms with Crippen molar-refractivity contribution in [3.63, 3.8) is 0 Å². The fourth-order valence-electron chi connectivity index (χ4n) is 2.66. The standard InChI is InChI=1S/C12H21N3O3/c1-12(10(16)17)4-3-5-15(12)11(18)14-8-6-13(2)7-9-14/h3-9H2,1-2H3,(H,16,17). The molecule has 6 nitrogen and oxygen atoms in total. The molecule has 2 amide bonds. The zero-order valence-corrected chi connectivity index (χ0v) is 11.1.